The van der Waals surface area contributed by atoms with E-state index >= 15 is 0 Å². The topological polar surface area (TPSA) is 104 Å². The van der Waals surface area contributed by atoms with Gasteiger partial charge in [0.2, 0.25) is 5.91 Å². The summed E-state index contributed by atoms with van der Waals surface area (Å²) in [6.45, 7) is 4.51. The summed E-state index contributed by atoms with van der Waals surface area (Å²) < 4.78 is 0. The van der Waals surface area contributed by atoms with Crippen molar-refractivity contribution in [2.24, 2.45) is 17.6 Å². The zero-order valence-corrected chi connectivity index (χ0v) is 11.3. The molecule has 1 aliphatic rings. The summed E-state index contributed by atoms with van der Waals surface area (Å²) in [6.07, 6.45) is 0.904. The first-order chi connectivity index (χ1) is 8.81. The highest BCUT2D eigenvalue weighted by molar-refractivity contribution is 5.86. The van der Waals surface area contributed by atoms with Crippen molar-refractivity contribution in [3.8, 4) is 0 Å². The Morgan fingerprint density at radius 2 is 2.00 bits per heavy atom. The summed E-state index contributed by atoms with van der Waals surface area (Å²) in [6, 6.07) is -0.427. The highest BCUT2D eigenvalue weighted by atomic mass is 16.4. The monoisotopic (exact) mass is 271 g/mol. The molecule has 0 aromatic rings. The van der Waals surface area contributed by atoms with Gasteiger partial charge in [-0.25, -0.2) is 4.79 Å². The molecule has 3 N–H and O–H groups in total. The van der Waals surface area contributed by atoms with Crippen molar-refractivity contribution in [2.45, 2.75) is 20.3 Å². The van der Waals surface area contributed by atoms with Gasteiger partial charge in [-0.3, -0.25) is 9.59 Å². The highest BCUT2D eigenvalue weighted by Gasteiger charge is 2.31. The third-order valence-corrected chi connectivity index (χ3v) is 3.38. The minimum absolute atomic E-state index is 0.367. The largest absolute Gasteiger partial charge is 0.480 e. The Morgan fingerprint density at radius 3 is 2.42 bits per heavy atom. The second kappa shape index (κ2) is 6.40. The molecule has 0 radical (unpaired) electrons. The Bertz CT molecular complexity index is 354. The summed E-state index contributed by atoms with van der Waals surface area (Å²) in [5.74, 6) is -0.977. The van der Waals surface area contributed by atoms with Gasteiger partial charge in [0.15, 0.2) is 0 Å². The zero-order valence-electron chi connectivity index (χ0n) is 11.3. The van der Waals surface area contributed by atoms with E-state index in [9.17, 15) is 14.4 Å². The first-order valence-corrected chi connectivity index (χ1v) is 6.35. The van der Waals surface area contributed by atoms with Gasteiger partial charge in [0.1, 0.15) is 13.1 Å². The number of hydrogen-bond acceptors (Lipinski definition) is 3. The van der Waals surface area contributed by atoms with Crippen LogP contribution in [0.3, 0.4) is 0 Å². The molecular weight excluding hydrogens is 250 g/mol. The van der Waals surface area contributed by atoms with Crippen LogP contribution in [0.15, 0.2) is 0 Å². The lowest BCUT2D eigenvalue weighted by atomic mass is 9.95. The Labute approximate surface area is 112 Å². The third-order valence-electron chi connectivity index (χ3n) is 3.38. The molecule has 1 unspecified atom stereocenters. The molecule has 1 saturated heterocycles. The number of hydrogen-bond donors (Lipinski definition) is 2. The number of carbonyl (C=O) groups excluding carboxylic acids is 2. The molecular formula is C12H21N3O4. The highest BCUT2D eigenvalue weighted by Crippen LogP contribution is 2.24. The fourth-order valence-electron chi connectivity index (χ4n) is 2.25. The van der Waals surface area contributed by atoms with Crippen molar-refractivity contribution in [3.05, 3.63) is 0 Å². The number of likely N-dealkylation sites (tertiary alicyclic amines) is 1. The molecule has 0 saturated carbocycles. The van der Waals surface area contributed by atoms with E-state index in [-0.39, 0.29) is 6.54 Å². The van der Waals surface area contributed by atoms with Gasteiger partial charge in [-0.1, -0.05) is 13.8 Å². The van der Waals surface area contributed by atoms with Crippen molar-refractivity contribution in [1.29, 1.82) is 0 Å². The molecule has 1 aliphatic heterocycles. The Kier molecular flexibility index (Phi) is 5.14. The van der Waals surface area contributed by atoms with Gasteiger partial charge in [-0.05, 0) is 18.3 Å². The van der Waals surface area contributed by atoms with Gasteiger partial charge in [-0.2, -0.15) is 0 Å². The number of nitrogens with zero attached hydrogens (tertiary/aromatic N) is 2. The number of rotatable bonds is 5. The fourth-order valence-corrected chi connectivity index (χ4v) is 2.25. The summed E-state index contributed by atoms with van der Waals surface area (Å²) in [4.78, 5) is 36.4. The first kappa shape index (κ1) is 15.3. The van der Waals surface area contributed by atoms with Crippen LogP contribution >= 0.6 is 0 Å². The number of nitrogens with two attached hydrogens (primary N) is 1. The zero-order chi connectivity index (χ0) is 14.6. The van der Waals surface area contributed by atoms with E-state index in [1.54, 1.807) is 4.90 Å². The van der Waals surface area contributed by atoms with E-state index < -0.39 is 24.5 Å². The van der Waals surface area contributed by atoms with Crippen molar-refractivity contribution >= 4 is 17.9 Å². The van der Waals surface area contributed by atoms with E-state index in [1.807, 2.05) is 0 Å². The maximum absolute atomic E-state index is 12.2. The molecule has 1 heterocycles. The van der Waals surface area contributed by atoms with Crippen molar-refractivity contribution in [3.63, 3.8) is 0 Å². The normalized spacial score (nSPS) is 18.7. The molecule has 7 heteroatoms. The van der Waals surface area contributed by atoms with Crippen molar-refractivity contribution < 1.29 is 19.5 Å². The molecule has 1 atom stereocenters. The molecule has 108 valence electrons. The van der Waals surface area contributed by atoms with Crippen LogP contribution < -0.4 is 5.73 Å². The Morgan fingerprint density at radius 1 is 1.37 bits per heavy atom. The summed E-state index contributed by atoms with van der Waals surface area (Å²) in [5.41, 5.74) is 5.04. The Hall–Kier alpha value is -1.79. The van der Waals surface area contributed by atoms with Crippen LogP contribution in [0.4, 0.5) is 4.79 Å². The molecule has 0 aromatic carbocycles. The molecule has 19 heavy (non-hydrogen) atoms. The number of carboxylic acid groups (broad SMARTS) is 1. The smallest absolute Gasteiger partial charge is 0.323 e. The number of primary amides is 1. The Balaban J connectivity index is 2.66. The van der Waals surface area contributed by atoms with Crippen molar-refractivity contribution in [1.82, 2.24) is 9.80 Å². The van der Waals surface area contributed by atoms with Gasteiger partial charge in [0.25, 0.3) is 0 Å². The molecule has 0 bridgehead atoms. The molecule has 3 amide bonds. The van der Waals surface area contributed by atoms with E-state index in [0.29, 0.717) is 24.9 Å². The number of carbonyl (C=O) groups is 3. The van der Waals surface area contributed by atoms with Gasteiger partial charge in [-0.15, -0.1) is 0 Å². The van der Waals surface area contributed by atoms with Crippen LogP contribution in [0.5, 0.6) is 0 Å². The van der Waals surface area contributed by atoms with Gasteiger partial charge >= 0.3 is 12.0 Å². The first-order valence-electron chi connectivity index (χ1n) is 6.35. The lowest BCUT2D eigenvalue weighted by molar-refractivity contribution is -0.138. The standard InChI is InChI=1S/C12H21N3O4/c1-8(2)9-3-4-14(5-9)12(19)15(6-10(13)16)7-11(17)18/h8-9H,3-7H2,1-2H3,(H2,13,16)(H,17,18). The molecule has 0 aromatic heterocycles. The molecule has 7 nitrogen and oxygen atoms in total. The number of amides is 3. The van der Waals surface area contributed by atoms with Gasteiger partial charge < -0.3 is 20.6 Å². The second-order valence-corrected chi connectivity index (χ2v) is 5.24. The minimum atomic E-state index is -1.16. The lowest BCUT2D eigenvalue weighted by Gasteiger charge is -2.26. The van der Waals surface area contributed by atoms with E-state index in [1.165, 1.54) is 0 Å². The van der Waals surface area contributed by atoms with Gasteiger partial charge in [0.05, 0.1) is 0 Å². The summed E-state index contributed by atoms with van der Waals surface area (Å²) in [7, 11) is 0. The quantitative estimate of drug-likeness (QED) is 0.731. The second-order valence-electron chi connectivity index (χ2n) is 5.24. The maximum atomic E-state index is 12.2. The summed E-state index contributed by atoms with van der Waals surface area (Å²) >= 11 is 0. The van der Waals surface area contributed by atoms with Crippen LogP contribution in [0.2, 0.25) is 0 Å². The van der Waals surface area contributed by atoms with Crippen LogP contribution in [0, 0.1) is 11.8 Å². The van der Waals surface area contributed by atoms with Crippen LogP contribution in [0.25, 0.3) is 0 Å². The van der Waals surface area contributed by atoms with Crippen LogP contribution in [-0.2, 0) is 9.59 Å². The van der Waals surface area contributed by atoms with E-state index in [4.69, 9.17) is 10.8 Å². The SMILES string of the molecule is CC(C)C1CCN(C(=O)N(CC(N)=O)CC(=O)O)C1. The molecule has 1 fully saturated rings. The number of aliphatic carboxylic acids is 1. The number of carboxylic acids is 1. The molecule has 0 spiro atoms. The summed E-state index contributed by atoms with van der Waals surface area (Å²) in [5, 5.41) is 8.76. The van der Waals surface area contributed by atoms with Crippen LogP contribution in [0.1, 0.15) is 20.3 Å². The van der Waals surface area contributed by atoms with E-state index in [2.05, 4.69) is 13.8 Å². The van der Waals surface area contributed by atoms with Crippen molar-refractivity contribution in [2.75, 3.05) is 26.2 Å². The average Bonchev–Trinajstić information content (AvgIpc) is 2.75. The minimum Gasteiger partial charge on any atom is -0.480 e. The van der Waals surface area contributed by atoms with E-state index in [0.717, 1.165) is 11.3 Å². The van der Waals surface area contributed by atoms with Crippen LogP contribution in [-0.4, -0.2) is 59.0 Å². The average molecular weight is 271 g/mol. The predicted octanol–water partition coefficient (Wildman–Crippen LogP) is -0.0438. The molecule has 0 aliphatic carbocycles. The fraction of sp³-hybridized carbons (Fsp3) is 0.750. The maximum Gasteiger partial charge on any atom is 0.323 e. The number of urea groups is 1. The third kappa shape index (κ3) is 4.42. The molecule has 1 rings (SSSR count). The predicted molar refractivity (Wildman–Crippen MR) is 68.3 cm³/mol. The van der Waals surface area contributed by atoms with Gasteiger partial charge in [0, 0.05) is 13.1 Å². The lowest BCUT2D eigenvalue weighted by Crippen LogP contribution is -2.47.